The van der Waals surface area contributed by atoms with Gasteiger partial charge in [0.25, 0.3) is 5.91 Å². The number of hydrogen-bond acceptors (Lipinski definition) is 2. The number of nitrogens with zero attached hydrogens (tertiary/aromatic N) is 1. The molecule has 0 spiro atoms. The lowest BCUT2D eigenvalue weighted by Gasteiger charge is -2.09. The van der Waals surface area contributed by atoms with Crippen LogP contribution in [0.15, 0.2) is 84.9 Å². The Morgan fingerprint density at radius 3 is 2.41 bits per heavy atom. The first-order valence-corrected chi connectivity index (χ1v) is 9.61. The number of rotatable bonds is 3. The molecule has 4 nitrogen and oxygen atoms in total. The summed E-state index contributed by atoms with van der Waals surface area (Å²) in [7, 11) is 0. The standard InChI is InChI=1S/C24H16ClN3O/c25-20-8-4-5-17-18(20)6-3-7-19(17)24(29)26-16-13-11-15(12-14-16)23-27-21-9-1-2-10-22(21)28-23/h1-14H,(H,26,29)(H,27,28). The van der Waals surface area contributed by atoms with Gasteiger partial charge in [-0.1, -0.05) is 48.0 Å². The minimum Gasteiger partial charge on any atom is -0.338 e. The van der Waals surface area contributed by atoms with Crippen LogP contribution in [0.3, 0.4) is 0 Å². The zero-order valence-electron chi connectivity index (χ0n) is 15.3. The van der Waals surface area contributed by atoms with E-state index in [1.54, 1.807) is 6.07 Å². The van der Waals surface area contributed by atoms with E-state index in [2.05, 4.69) is 15.3 Å². The van der Waals surface area contributed by atoms with Crippen LogP contribution in [0.1, 0.15) is 10.4 Å². The number of hydrogen-bond donors (Lipinski definition) is 2. The van der Waals surface area contributed by atoms with Crippen LogP contribution in [-0.4, -0.2) is 15.9 Å². The maximum atomic E-state index is 12.8. The van der Waals surface area contributed by atoms with Crippen LogP contribution < -0.4 is 5.32 Å². The van der Waals surface area contributed by atoms with Gasteiger partial charge in [0.05, 0.1) is 11.0 Å². The lowest BCUT2D eigenvalue weighted by Crippen LogP contribution is -2.12. The largest absolute Gasteiger partial charge is 0.338 e. The topological polar surface area (TPSA) is 57.8 Å². The highest BCUT2D eigenvalue weighted by molar-refractivity contribution is 6.36. The van der Waals surface area contributed by atoms with E-state index in [9.17, 15) is 4.79 Å². The second-order valence-corrected chi connectivity index (χ2v) is 7.18. The van der Waals surface area contributed by atoms with Crippen molar-refractivity contribution in [3.8, 4) is 11.4 Å². The van der Waals surface area contributed by atoms with Crippen molar-refractivity contribution in [3.05, 3.63) is 95.5 Å². The zero-order valence-corrected chi connectivity index (χ0v) is 16.1. The Labute approximate surface area is 172 Å². The van der Waals surface area contributed by atoms with Gasteiger partial charge in [-0.05, 0) is 53.9 Å². The van der Waals surface area contributed by atoms with Gasteiger partial charge in [0.2, 0.25) is 0 Å². The summed E-state index contributed by atoms with van der Waals surface area (Å²) in [6.45, 7) is 0. The summed E-state index contributed by atoms with van der Waals surface area (Å²) in [6.07, 6.45) is 0. The van der Waals surface area contributed by atoms with Crippen LogP contribution in [0.4, 0.5) is 5.69 Å². The van der Waals surface area contributed by atoms with Crippen LogP contribution in [0.25, 0.3) is 33.2 Å². The maximum Gasteiger partial charge on any atom is 0.256 e. The maximum absolute atomic E-state index is 12.8. The molecular weight excluding hydrogens is 382 g/mol. The van der Waals surface area contributed by atoms with Crippen LogP contribution in [0.5, 0.6) is 0 Å². The molecule has 5 aromatic rings. The average molecular weight is 398 g/mol. The van der Waals surface area contributed by atoms with Crippen molar-refractivity contribution in [2.45, 2.75) is 0 Å². The van der Waals surface area contributed by atoms with E-state index in [1.165, 1.54) is 0 Å². The smallest absolute Gasteiger partial charge is 0.256 e. The molecule has 1 aromatic heterocycles. The summed E-state index contributed by atoms with van der Waals surface area (Å²) in [4.78, 5) is 20.8. The molecule has 29 heavy (non-hydrogen) atoms. The third-order valence-corrected chi connectivity index (χ3v) is 5.25. The number of benzene rings is 4. The molecular formula is C24H16ClN3O. The summed E-state index contributed by atoms with van der Waals surface area (Å²) in [5.41, 5.74) is 4.18. The number of fused-ring (bicyclic) bond motifs is 2. The fourth-order valence-electron chi connectivity index (χ4n) is 3.47. The summed E-state index contributed by atoms with van der Waals surface area (Å²) in [6, 6.07) is 26.7. The number of carbonyl (C=O) groups excluding carboxylic acids is 1. The molecule has 1 heterocycles. The zero-order chi connectivity index (χ0) is 19.8. The Morgan fingerprint density at radius 2 is 1.59 bits per heavy atom. The van der Waals surface area contributed by atoms with Crippen molar-refractivity contribution in [1.82, 2.24) is 9.97 Å². The number of anilines is 1. The molecule has 0 aliphatic rings. The van der Waals surface area contributed by atoms with Crippen molar-refractivity contribution in [1.29, 1.82) is 0 Å². The van der Waals surface area contributed by atoms with Crippen molar-refractivity contribution in [2.24, 2.45) is 0 Å². The van der Waals surface area contributed by atoms with Gasteiger partial charge in [0.1, 0.15) is 5.82 Å². The van der Waals surface area contributed by atoms with Gasteiger partial charge in [0, 0.05) is 27.2 Å². The summed E-state index contributed by atoms with van der Waals surface area (Å²) in [5.74, 6) is 0.627. The fourth-order valence-corrected chi connectivity index (χ4v) is 3.71. The molecule has 1 amide bonds. The van der Waals surface area contributed by atoms with Gasteiger partial charge >= 0.3 is 0 Å². The van der Waals surface area contributed by atoms with Crippen molar-refractivity contribution in [2.75, 3.05) is 5.32 Å². The number of aromatic nitrogens is 2. The van der Waals surface area contributed by atoms with Gasteiger partial charge in [-0.25, -0.2) is 4.98 Å². The van der Waals surface area contributed by atoms with E-state index in [0.29, 0.717) is 16.3 Å². The van der Waals surface area contributed by atoms with E-state index >= 15 is 0 Å². The SMILES string of the molecule is O=C(Nc1ccc(-c2nc3ccccc3[nH]2)cc1)c1cccc2c(Cl)cccc12. The number of para-hydroxylation sites is 2. The average Bonchev–Trinajstić information content (AvgIpc) is 3.18. The highest BCUT2D eigenvalue weighted by Gasteiger charge is 2.12. The number of carbonyl (C=O) groups is 1. The molecule has 5 heteroatoms. The van der Waals surface area contributed by atoms with Gasteiger partial charge in [-0.2, -0.15) is 0 Å². The van der Waals surface area contributed by atoms with Crippen LogP contribution in [-0.2, 0) is 0 Å². The second-order valence-electron chi connectivity index (χ2n) is 6.77. The molecule has 0 unspecified atom stereocenters. The van der Waals surface area contributed by atoms with E-state index in [0.717, 1.165) is 33.2 Å². The molecule has 4 aromatic carbocycles. The van der Waals surface area contributed by atoms with Gasteiger partial charge < -0.3 is 10.3 Å². The molecule has 2 N–H and O–H groups in total. The summed E-state index contributed by atoms with van der Waals surface area (Å²) < 4.78 is 0. The number of H-pyrrole nitrogens is 1. The Morgan fingerprint density at radius 1 is 0.828 bits per heavy atom. The predicted molar refractivity (Wildman–Crippen MR) is 118 cm³/mol. The molecule has 0 saturated carbocycles. The molecule has 0 atom stereocenters. The van der Waals surface area contributed by atoms with Crippen molar-refractivity contribution >= 4 is 45.0 Å². The molecule has 5 rings (SSSR count). The minimum absolute atomic E-state index is 0.172. The Kier molecular flexibility index (Phi) is 4.26. The number of halogens is 1. The molecule has 0 radical (unpaired) electrons. The first-order chi connectivity index (χ1) is 14.2. The monoisotopic (exact) mass is 397 g/mol. The van der Waals surface area contributed by atoms with E-state index in [4.69, 9.17) is 11.6 Å². The lowest BCUT2D eigenvalue weighted by atomic mass is 10.0. The first-order valence-electron chi connectivity index (χ1n) is 9.23. The Bertz CT molecular complexity index is 1320. The quantitative estimate of drug-likeness (QED) is 0.376. The highest BCUT2D eigenvalue weighted by Crippen LogP contribution is 2.27. The normalized spacial score (nSPS) is 11.1. The molecule has 0 aliphatic carbocycles. The van der Waals surface area contributed by atoms with Gasteiger partial charge in [-0.15, -0.1) is 0 Å². The molecule has 0 aliphatic heterocycles. The molecule has 140 valence electrons. The van der Waals surface area contributed by atoms with Crippen LogP contribution >= 0.6 is 11.6 Å². The first kappa shape index (κ1) is 17.5. The van der Waals surface area contributed by atoms with E-state index in [-0.39, 0.29) is 5.91 Å². The predicted octanol–water partition coefficient (Wildman–Crippen LogP) is 6.29. The molecule has 0 saturated heterocycles. The Hall–Kier alpha value is -3.63. The fraction of sp³-hybridized carbons (Fsp3) is 0. The molecule has 0 bridgehead atoms. The van der Waals surface area contributed by atoms with E-state index < -0.39 is 0 Å². The number of amides is 1. The third-order valence-electron chi connectivity index (χ3n) is 4.92. The highest BCUT2D eigenvalue weighted by atomic mass is 35.5. The number of aromatic amines is 1. The minimum atomic E-state index is -0.172. The van der Waals surface area contributed by atoms with E-state index in [1.807, 2.05) is 78.9 Å². The number of imidazole rings is 1. The van der Waals surface area contributed by atoms with Crippen LogP contribution in [0.2, 0.25) is 5.02 Å². The van der Waals surface area contributed by atoms with Crippen molar-refractivity contribution < 1.29 is 4.79 Å². The van der Waals surface area contributed by atoms with Gasteiger partial charge in [-0.3, -0.25) is 4.79 Å². The summed E-state index contributed by atoms with van der Waals surface area (Å²) in [5, 5.41) is 5.29. The van der Waals surface area contributed by atoms with Crippen LogP contribution in [0, 0.1) is 0 Å². The van der Waals surface area contributed by atoms with Gasteiger partial charge in [0.15, 0.2) is 0 Å². The third kappa shape index (κ3) is 3.24. The number of nitrogens with one attached hydrogen (secondary N) is 2. The lowest BCUT2D eigenvalue weighted by molar-refractivity contribution is 0.102. The second kappa shape index (κ2) is 7.08. The van der Waals surface area contributed by atoms with Crippen molar-refractivity contribution in [3.63, 3.8) is 0 Å². The Balaban J connectivity index is 1.41. The molecule has 0 fully saturated rings. The summed E-state index contributed by atoms with van der Waals surface area (Å²) >= 11 is 6.26.